The quantitative estimate of drug-likeness (QED) is 0.877. The lowest BCUT2D eigenvalue weighted by molar-refractivity contribution is 0.0938. The monoisotopic (exact) mass is 308 g/mol. The topological polar surface area (TPSA) is 105 Å². The van der Waals surface area contributed by atoms with E-state index in [1.54, 1.807) is 13.8 Å². The first kappa shape index (κ1) is 15.2. The predicted octanol–water partition coefficient (Wildman–Crippen LogP) is 1.01. The zero-order valence-electron chi connectivity index (χ0n) is 11.9. The minimum atomic E-state index is -3.26. The van der Waals surface area contributed by atoms with Crippen molar-refractivity contribution in [1.29, 1.82) is 0 Å². The Morgan fingerprint density at radius 2 is 1.90 bits per heavy atom. The number of aromatic nitrogens is 3. The minimum absolute atomic E-state index is 0.177. The average molecular weight is 308 g/mol. The standard InChI is InChI=1S/C13H16N4O3S/c1-8(12-15-9(2)16-17-12)14-13(18)10-4-6-11(7-5-10)21(3,19)20/h4-8H,1-3H3,(H,14,18)(H,15,16,17). The molecule has 0 spiro atoms. The van der Waals surface area contributed by atoms with Crippen LogP contribution in [0.2, 0.25) is 0 Å². The van der Waals surface area contributed by atoms with Crippen molar-refractivity contribution in [1.82, 2.24) is 20.5 Å². The number of sulfone groups is 1. The maximum Gasteiger partial charge on any atom is 0.251 e. The Morgan fingerprint density at radius 3 is 2.38 bits per heavy atom. The van der Waals surface area contributed by atoms with Crippen molar-refractivity contribution in [2.24, 2.45) is 0 Å². The molecule has 2 aromatic rings. The first-order valence-corrected chi connectivity index (χ1v) is 8.16. The van der Waals surface area contributed by atoms with Crippen molar-refractivity contribution in [3.8, 4) is 0 Å². The van der Waals surface area contributed by atoms with E-state index in [4.69, 9.17) is 0 Å². The number of nitrogens with zero attached hydrogens (tertiary/aromatic N) is 2. The summed E-state index contributed by atoms with van der Waals surface area (Å²) in [7, 11) is -3.26. The fourth-order valence-electron chi connectivity index (χ4n) is 1.75. The van der Waals surface area contributed by atoms with E-state index in [1.807, 2.05) is 0 Å². The van der Waals surface area contributed by atoms with E-state index in [1.165, 1.54) is 24.3 Å². The van der Waals surface area contributed by atoms with Crippen LogP contribution in [0.25, 0.3) is 0 Å². The van der Waals surface area contributed by atoms with Crippen LogP contribution in [-0.4, -0.2) is 35.8 Å². The molecule has 2 rings (SSSR count). The molecule has 0 saturated heterocycles. The lowest BCUT2D eigenvalue weighted by atomic mass is 10.2. The Balaban J connectivity index is 2.10. The van der Waals surface area contributed by atoms with Crippen molar-refractivity contribution in [3.63, 3.8) is 0 Å². The molecule has 0 fully saturated rings. The Hall–Kier alpha value is -2.22. The van der Waals surface area contributed by atoms with Crippen molar-refractivity contribution >= 4 is 15.7 Å². The lowest BCUT2D eigenvalue weighted by Crippen LogP contribution is -2.27. The third-order valence-electron chi connectivity index (χ3n) is 2.89. The van der Waals surface area contributed by atoms with Crippen molar-refractivity contribution in [3.05, 3.63) is 41.5 Å². The number of aromatic amines is 1. The number of nitrogens with one attached hydrogen (secondary N) is 2. The summed E-state index contributed by atoms with van der Waals surface area (Å²) in [5.74, 6) is 0.849. The molecule has 1 atom stereocenters. The van der Waals surface area contributed by atoms with E-state index < -0.39 is 9.84 Å². The van der Waals surface area contributed by atoms with E-state index in [0.717, 1.165) is 6.26 Å². The van der Waals surface area contributed by atoms with Gasteiger partial charge in [-0.25, -0.2) is 13.4 Å². The van der Waals surface area contributed by atoms with Crippen LogP contribution in [0.4, 0.5) is 0 Å². The number of hydrogen-bond donors (Lipinski definition) is 2. The molecule has 8 heteroatoms. The van der Waals surface area contributed by atoms with Gasteiger partial charge in [0.2, 0.25) is 0 Å². The summed E-state index contributed by atoms with van der Waals surface area (Å²) in [6, 6.07) is 5.41. The van der Waals surface area contributed by atoms with Gasteiger partial charge in [0.1, 0.15) is 5.82 Å². The molecule has 1 heterocycles. The van der Waals surface area contributed by atoms with Gasteiger partial charge in [0, 0.05) is 11.8 Å². The number of benzene rings is 1. The molecule has 1 unspecified atom stereocenters. The van der Waals surface area contributed by atoms with E-state index >= 15 is 0 Å². The van der Waals surface area contributed by atoms with Crippen molar-refractivity contribution in [2.45, 2.75) is 24.8 Å². The highest BCUT2D eigenvalue weighted by molar-refractivity contribution is 7.90. The summed E-state index contributed by atoms with van der Waals surface area (Å²) in [5, 5.41) is 9.44. The molecule has 0 saturated carbocycles. The summed E-state index contributed by atoms with van der Waals surface area (Å²) in [6.45, 7) is 3.54. The van der Waals surface area contributed by atoms with Crippen LogP contribution in [0, 0.1) is 6.92 Å². The molecule has 1 aromatic carbocycles. The third kappa shape index (κ3) is 3.66. The van der Waals surface area contributed by atoms with E-state index in [2.05, 4.69) is 20.5 Å². The van der Waals surface area contributed by atoms with Gasteiger partial charge in [-0.15, -0.1) is 0 Å². The molecule has 0 radical (unpaired) electrons. The SMILES string of the molecule is Cc1nc(C(C)NC(=O)c2ccc(S(C)(=O)=O)cc2)n[nH]1. The van der Waals surface area contributed by atoms with E-state index in [-0.39, 0.29) is 16.8 Å². The number of carbonyl (C=O) groups excluding carboxylic acids is 1. The summed E-state index contributed by atoms with van der Waals surface area (Å²) in [4.78, 5) is 16.4. The molecule has 112 valence electrons. The summed E-state index contributed by atoms with van der Waals surface area (Å²) < 4.78 is 22.7. The highest BCUT2D eigenvalue weighted by Gasteiger charge is 2.15. The molecule has 0 bridgehead atoms. The second-order valence-corrected chi connectivity index (χ2v) is 6.79. The zero-order valence-corrected chi connectivity index (χ0v) is 12.7. The summed E-state index contributed by atoms with van der Waals surface area (Å²) in [5.41, 5.74) is 0.376. The first-order valence-electron chi connectivity index (χ1n) is 6.27. The summed E-state index contributed by atoms with van der Waals surface area (Å²) in [6.07, 6.45) is 1.12. The van der Waals surface area contributed by atoms with Crippen LogP contribution in [0.1, 0.15) is 35.0 Å². The minimum Gasteiger partial charge on any atom is -0.342 e. The maximum atomic E-state index is 12.1. The first-order chi connectivity index (χ1) is 9.77. The second kappa shape index (κ2) is 5.65. The van der Waals surface area contributed by atoms with Gasteiger partial charge in [-0.1, -0.05) is 0 Å². The van der Waals surface area contributed by atoms with Crippen LogP contribution in [0.15, 0.2) is 29.2 Å². The van der Waals surface area contributed by atoms with Gasteiger partial charge in [0.05, 0.1) is 10.9 Å². The lowest BCUT2D eigenvalue weighted by Gasteiger charge is -2.10. The van der Waals surface area contributed by atoms with E-state index in [0.29, 0.717) is 17.2 Å². The highest BCUT2D eigenvalue weighted by atomic mass is 32.2. The maximum absolute atomic E-state index is 12.1. The Morgan fingerprint density at radius 1 is 1.29 bits per heavy atom. The molecule has 1 aromatic heterocycles. The fourth-order valence-corrected chi connectivity index (χ4v) is 2.38. The molecule has 7 nitrogen and oxygen atoms in total. The van der Waals surface area contributed by atoms with Crippen molar-refractivity contribution < 1.29 is 13.2 Å². The number of amides is 1. The van der Waals surface area contributed by atoms with Crippen LogP contribution in [-0.2, 0) is 9.84 Å². The Labute approximate surface area is 122 Å². The normalized spacial score (nSPS) is 12.9. The van der Waals surface area contributed by atoms with Crippen LogP contribution < -0.4 is 5.32 Å². The Bertz CT molecular complexity index is 750. The van der Waals surface area contributed by atoms with Crippen molar-refractivity contribution in [2.75, 3.05) is 6.26 Å². The van der Waals surface area contributed by atoms with Gasteiger partial charge in [-0.2, -0.15) is 5.10 Å². The molecular formula is C13H16N4O3S. The van der Waals surface area contributed by atoms with Gasteiger partial charge >= 0.3 is 0 Å². The number of aryl methyl sites for hydroxylation is 1. The molecule has 1 amide bonds. The molecule has 2 N–H and O–H groups in total. The molecule has 0 aliphatic heterocycles. The molecular weight excluding hydrogens is 292 g/mol. The predicted molar refractivity (Wildman–Crippen MR) is 76.6 cm³/mol. The number of carbonyl (C=O) groups is 1. The molecule has 0 aliphatic carbocycles. The van der Waals surface area contributed by atoms with E-state index in [9.17, 15) is 13.2 Å². The highest BCUT2D eigenvalue weighted by Crippen LogP contribution is 2.12. The van der Waals surface area contributed by atoms with Gasteiger partial charge in [-0.3, -0.25) is 9.89 Å². The number of H-pyrrole nitrogens is 1. The van der Waals surface area contributed by atoms with Gasteiger partial charge in [-0.05, 0) is 38.1 Å². The number of hydrogen-bond acceptors (Lipinski definition) is 5. The fraction of sp³-hybridized carbons (Fsp3) is 0.308. The smallest absolute Gasteiger partial charge is 0.251 e. The Kier molecular flexibility index (Phi) is 4.08. The zero-order chi connectivity index (χ0) is 15.6. The largest absolute Gasteiger partial charge is 0.342 e. The van der Waals surface area contributed by atoms with Crippen LogP contribution >= 0.6 is 0 Å². The average Bonchev–Trinajstić information content (AvgIpc) is 2.84. The second-order valence-electron chi connectivity index (χ2n) is 4.77. The molecule has 0 aliphatic rings. The van der Waals surface area contributed by atoms with Gasteiger partial charge in [0.25, 0.3) is 5.91 Å². The number of rotatable bonds is 4. The molecule has 21 heavy (non-hydrogen) atoms. The third-order valence-corrected chi connectivity index (χ3v) is 4.02. The summed E-state index contributed by atoms with van der Waals surface area (Å²) >= 11 is 0. The van der Waals surface area contributed by atoms with Gasteiger partial charge in [0.15, 0.2) is 15.7 Å². The van der Waals surface area contributed by atoms with Crippen LogP contribution in [0.3, 0.4) is 0 Å². The van der Waals surface area contributed by atoms with Gasteiger partial charge < -0.3 is 5.32 Å². The van der Waals surface area contributed by atoms with Crippen LogP contribution in [0.5, 0.6) is 0 Å².